The summed E-state index contributed by atoms with van der Waals surface area (Å²) in [5, 5.41) is 0. The number of hydrogen-bond acceptors (Lipinski definition) is 2. The van der Waals surface area contributed by atoms with Crippen LogP contribution in [0.1, 0.15) is 25.7 Å². The second-order valence-corrected chi connectivity index (χ2v) is 3.88. The maximum Gasteiger partial charge on any atom is 0.333 e. The van der Waals surface area contributed by atoms with E-state index < -0.39 is 0 Å². The molecule has 0 spiro atoms. The molecule has 0 aromatic rings. The maximum absolute atomic E-state index is 10.9. The zero-order chi connectivity index (χ0) is 8.81. The number of rotatable bonds is 4. The number of allylic oxidation sites excluding steroid dienone is 1. The predicted octanol–water partition coefficient (Wildman–Crippen LogP) is 2.47. The van der Waals surface area contributed by atoms with Crippen LogP contribution in [0.3, 0.4) is 0 Å². The van der Waals surface area contributed by atoms with Crippen molar-refractivity contribution in [3.8, 4) is 0 Å². The van der Waals surface area contributed by atoms with Crippen LogP contribution in [-0.4, -0.2) is 17.0 Å². The molecule has 0 N–H and O–H groups in total. The minimum absolute atomic E-state index is 0.107. The lowest BCUT2D eigenvalue weighted by molar-refractivity contribution is -0.135. The number of hydrogen-bond donors (Lipinski definition) is 0. The molecule has 1 saturated heterocycles. The average molecular weight is 280 g/mol. The van der Waals surface area contributed by atoms with E-state index in [0.717, 1.165) is 18.4 Å². The van der Waals surface area contributed by atoms with Crippen molar-refractivity contribution in [2.24, 2.45) is 0 Å². The fraction of sp³-hybridized carbons (Fsp3) is 0.667. The van der Waals surface area contributed by atoms with Gasteiger partial charge in [-0.1, -0.05) is 28.7 Å². The molecule has 1 fully saturated rings. The summed E-state index contributed by atoms with van der Waals surface area (Å²) in [5.74, 6) is -0.107. The van der Waals surface area contributed by atoms with E-state index in [2.05, 4.69) is 22.6 Å². The summed E-state index contributed by atoms with van der Waals surface area (Å²) in [6.45, 7) is 0.580. The van der Waals surface area contributed by atoms with Crippen LogP contribution in [0.5, 0.6) is 0 Å². The van der Waals surface area contributed by atoms with E-state index in [1.807, 2.05) is 6.08 Å². The van der Waals surface area contributed by atoms with Crippen LogP contribution in [0, 0.1) is 0 Å². The van der Waals surface area contributed by atoms with Gasteiger partial charge in [0.05, 0.1) is 6.61 Å². The highest BCUT2D eigenvalue weighted by Gasteiger charge is 2.17. The van der Waals surface area contributed by atoms with Crippen molar-refractivity contribution in [1.82, 2.24) is 0 Å². The van der Waals surface area contributed by atoms with Crippen LogP contribution >= 0.6 is 22.6 Å². The number of ether oxygens (including phenoxy) is 1. The first-order chi connectivity index (χ1) is 5.84. The SMILES string of the molecule is O=C1OCC/C1=C\CCCCI. The molecule has 0 atom stereocenters. The van der Waals surface area contributed by atoms with Crippen molar-refractivity contribution >= 4 is 28.6 Å². The van der Waals surface area contributed by atoms with E-state index in [9.17, 15) is 4.79 Å². The van der Waals surface area contributed by atoms with Gasteiger partial charge in [-0.3, -0.25) is 0 Å². The molecule has 0 bridgehead atoms. The standard InChI is InChI=1S/C9H13IO2/c10-6-3-1-2-4-8-5-7-12-9(8)11/h4H,1-3,5-7H2/b8-4+. The van der Waals surface area contributed by atoms with E-state index in [-0.39, 0.29) is 5.97 Å². The van der Waals surface area contributed by atoms with Crippen LogP contribution in [0.2, 0.25) is 0 Å². The van der Waals surface area contributed by atoms with Crippen LogP contribution in [0.4, 0.5) is 0 Å². The minimum Gasteiger partial charge on any atom is -0.462 e. The molecular formula is C9H13IO2. The number of carbonyl (C=O) groups is 1. The number of alkyl halides is 1. The van der Waals surface area contributed by atoms with Gasteiger partial charge in [-0.05, 0) is 23.7 Å². The molecule has 0 radical (unpaired) electrons. The highest BCUT2D eigenvalue weighted by molar-refractivity contribution is 14.1. The Morgan fingerprint density at radius 2 is 2.33 bits per heavy atom. The molecule has 68 valence electrons. The summed E-state index contributed by atoms with van der Waals surface area (Å²) >= 11 is 2.37. The number of halogens is 1. The van der Waals surface area contributed by atoms with Gasteiger partial charge < -0.3 is 4.74 Å². The van der Waals surface area contributed by atoms with Gasteiger partial charge >= 0.3 is 5.97 Å². The predicted molar refractivity (Wildman–Crippen MR) is 56.4 cm³/mol. The molecule has 1 aliphatic heterocycles. The topological polar surface area (TPSA) is 26.3 Å². The molecule has 1 aliphatic rings. The number of carbonyl (C=O) groups excluding carboxylic acids is 1. The molecule has 0 unspecified atom stereocenters. The fourth-order valence-electron chi connectivity index (χ4n) is 1.15. The second-order valence-electron chi connectivity index (χ2n) is 2.80. The highest BCUT2D eigenvalue weighted by Crippen LogP contribution is 2.14. The summed E-state index contributed by atoms with van der Waals surface area (Å²) in [5.41, 5.74) is 0.878. The molecule has 0 saturated carbocycles. The molecule has 0 aromatic carbocycles. The van der Waals surface area contributed by atoms with E-state index in [1.54, 1.807) is 0 Å². The molecular weight excluding hydrogens is 267 g/mol. The Balaban J connectivity index is 2.22. The molecule has 0 aromatic heterocycles. The third-order valence-corrected chi connectivity index (χ3v) is 2.61. The smallest absolute Gasteiger partial charge is 0.333 e. The average Bonchev–Trinajstić information content (AvgIpc) is 2.46. The van der Waals surface area contributed by atoms with Gasteiger partial charge in [-0.25, -0.2) is 4.79 Å². The zero-order valence-corrected chi connectivity index (χ0v) is 9.17. The summed E-state index contributed by atoms with van der Waals surface area (Å²) in [6.07, 6.45) is 6.28. The number of esters is 1. The molecule has 3 heteroatoms. The van der Waals surface area contributed by atoms with Crippen molar-refractivity contribution < 1.29 is 9.53 Å². The molecule has 0 amide bonds. The van der Waals surface area contributed by atoms with Crippen LogP contribution in [0.25, 0.3) is 0 Å². The summed E-state index contributed by atoms with van der Waals surface area (Å²) in [7, 11) is 0. The van der Waals surface area contributed by atoms with E-state index >= 15 is 0 Å². The van der Waals surface area contributed by atoms with Crippen LogP contribution in [-0.2, 0) is 9.53 Å². The van der Waals surface area contributed by atoms with Crippen LogP contribution < -0.4 is 0 Å². The first kappa shape index (κ1) is 10.0. The lowest BCUT2D eigenvalue weighted by atomic mass is 10.1. The first-order valence-electron chi connectivity index (χ1n) is 4.26. The Kier molecular flexibility index (Phi) is 4.65. The molecule has 2 nitrogen and oxygen atoms in total. The Hall–Kier alpha value is -0.0600. The third-order valence-electron chi connectivity index (χ3n) is 1.85. The van der Waals surface area contributed by atoms with Crippen molar-refractivity contribution in [2.45, 2.75) is 25.7 Å². The molecule has 0 aliphatic carbocycles. The minimum atomic E-state index is -0.107. The molecule has 1 heterocycles. The largest absolute Gasteiger partial charge is 0.462 e. The Morgan fingerprint density at radius 3 is 2.92 bits per heavy atom. The van der Waals surface area contributed by atoms with Crippen molar-refractivity contribution in [2.75, 3.05) is 11.0 Å². The van der Waals surface area contributed by atoms with Gasteiger partial charge in [0, 0.05) is 12.0 Å². The Labute approximate surface area is 86.5 Å². The summed E-state index contributed by atoms with van der Waals surface area (Å²) in [6, 6.07) is 0. The highest BCUT2D eigenvalue weighted by atomic mass is 127. The lowest BCUT2D eigenvalue weighted by Gasteiger charge is -1.93. The Morgan fingerprint density at radius 1 is 1.50 bits per heavy atom. The third kappa shape index (κ3) is 3.13. The van der Waals surface area contributed by atoms with Gasteiger partial charge in [0.15, 0.2) is 0 Å². The van der Waals surface area contributed by atoms with Gasteiger partial charge in [-0.15, -0.1) is 0 Å². The summed E-state index contributed by atoms with van der Waals surface area (Å²) in [4.78, 5) is 10.9. The van der Waals surface area contributed by atoms with Crippen molar-refractivity contribution in [1.29, 1.82) is 0 Å². The van der Waals surface area contributed by atoms with Gasteiger partial charge in [0.1, 0.15) is 0 Å². The van der Waals surface area contributed by atoms with E-state index in [0.29, 0.717) is 6.61 Å². The summed E-state index contributed by atoms with van der Waals surface area (Å²) < 4.78 is 6.01. The normalized spacial score (nSPS) is 20.1. The lowest BCUT2D eigenvalue weighted by Crippen LogP contribution is -1.94. The van der Waals surface area contributed by atoms with Crippen molar-refractivity contribution in [3.63, 3.8) is 0 Å². The number of cyclic esters (lactones) is 1. The first-order valence-corrected chi connectivity index (χ1v) is 5.79. The van der Waals surface area contributed by atoms with Gasteiger partial charge in [0.25, 0.3) is 0 Å². The van der Waals surface area contributed by atoms with Crippen LogP contribution in [0.15, 0.2) is 11.6 Å². The monoisotopic (exact) mass is 280 g/mol. The molecule has 1 rings (SSSR count). The second kappa shape index (κ2) is 5.56. The zero-order valence-electron chi connectivity index (χ0n) is 7.01. The fourth-order valence-corrected chi connectivity index (χ4v) is 1.69. The van der Waals surface area contributed by atoms with Gasteiger partial charge in [0.2, 0.25) is 0 Å². The quantitative estimate of drug-likeness (QED) is 0.260. The van der Waals surface area contributed by atoms with E-state index in [4.69, 9.17) is 4.74 Å². The van der Waals surface area contributed by atoms with E-state index in [1.165, 1.54) is 17.3 Å². The molecule has 12 heavy (non-hydrogen) atoms. The van der Waals surface area contributed by atoms with Crippen molar-refractivity contribution in [3.05, 3.63) is 11.6 Å². The number of unbranched alkanes of at least 4 members (excludes halogenated alkanes) is 2. The maximum atomic E-state index is 10.9. The van der Waals surface area contributed by atoms with Gasteiger partial charge in [-0.2, -0.15) is 0 Å². The Bertz CT molecular complexity index is 187.